The van der Waals surface area contributed by atoms with Gasteiger partial charge in [0, 0.05) is 6.42 Å². The topological polar surface area (TPSA) is 46.5 Å². The minimum atomic E-state index is -0.714. The molecule has 0 radical (unpaired) electrons. The quantitative estimate of drug-likeness (QED) is 0.787. The lowest BCUT2D eigenvalue weighted by molar-refractivity contribution is -0.137. The molecule has 0 unspecified atom stereocenters. The van der Waals surface area contributed by atoms with Crippen LogP contribution >= 0.6 is 0 Å². The van der Waals surface area contributed by atoms with Gasteiger partial charge in [-0.25, -0.2) is 0 Å². The molecule has 0 fully saturated rings. The Labute approximate surface area is 109 Å². The first-order chi connectivity index (χ1) is 8.47. The van der Waals surface area contributed by atoms with Crippen molar-refractivity contribution in [2.75, 3.05) is 7.11 Å². The van der Waals surface area contributed by atoms with Gasteiger partial charge in [-0.05, 0) is 62.3 Å². The number of hydrogen-bond donors (Lipinski definition) is 1. The molecule has 0 aliphatic heterocycles. The van der Waals surface area contributed by atoms with Gasteiger partial charge in [-0.3, -0.25) is 4.79 Å². The zero-order valence-electron chi connectivity index (χ0n) is 11.7. The molecule has 0 aliphatic rings. The van der Waals surface area contributed by atoms with Crippen LogP contribution in [-0.2, 0) is 11.2 Å². The summed E-state index contributed by atoms with van der Waals surface area (Å²) in [5.74, 6) is 0.246. The van der Waals surface area contributed by atoms with Crippen molar-refractivity contribution < 1.29 is 14.6 Å². The van der Waals surface area contributed by atoms with Crippen molar-refractivity contribution in [2.45, 2.75) is 46.5 Å². The first-order valence-electron chi connectivity index (χ1n) is 6.32. The third-order valence-electron chi connectivity index (χ3n) is 3.42. The molecule has 1 rings (SSSR count). The number of ether oxygens (including phenoxy) is 1. The summed E-state index contributed by atoms with van der Waals surface area (Å²) in [6.45, 7) is 6.22. The molecule has 0 heterocycles. The first-order valence-corrected chi connectivity index (χ1v) is 6.32. The van der Waals surface area contributed by atoms with E-state index in [2.05, 4.69) is 19.9 Å². The highest BCUT2D eigenvalue weighted by atomic mass is 16.5. The molecular weight excluding hydrogens is 228 g/mol. The van der Waals surface area contributed by atoms with Crippen molar-refractivity contribution in [1.29, 1.82) is 0 Å². The van der Waals surface area contributed by atoms with Crippen LogP contribution < -0.4 is 4.74 Å². The van der Waals surface area contributed by atoms with Gasteiger partial charge in [-0.1, -0.05) is 6.07 Å². The van der Waals surface area contributed by atoms with Gasteiger partial charge in [0.05, 0.1) is 7.11 Å². The van der Waals surface area contributed by atoms with Crippen LogP contribution in [0.25, 0.3) is 0 Å². The monoisotopic (exact) mass is 250 g/mol. The second-order valence-corrected chi connectivity index (χ2v) is 4.74. The predicted molar refractivity (Wildman–Crippen MR) is 72.4 cm³/mol. The molecule has 0 aromatic heterocycles. The van der Waals surface area contributed by atoms with Gasteiger partial charge in [0.1, 0.15) is 5.75 Å². The number of benzene rings is 1. The van der Waals surface area contributed by atoms with E-state index in [1.165, 1.54) is 16.7 Å². The number of aliphatic carboxylic acids is 1. The van der Waals surface area contributed by atoms with Crippen LogP contribution in [0.5, 0.6) is 5.75 Å². The molecule has 1 aromatic carbocycles. The number of carbonyl (C=O) groups is 1. The SMILES string of the molecule is COc1c(C)cc(CCCCC(=O)O)c(C)c1C. The number of rotatable bonds is 6. The van der Waals surface area contributed by atoms with Crippen molar-refractivity contribution in [3.05, 3.63) is 28.3 Å². The molecule has 1 N–H and O–H groups in total. The van der Waals surface area contributed by atoms with Crippen LogP contribution in [0, 0.1) is 20.8 Å². The molecule has 100 valence electrons. The van der Waals surface area contributed by atoms with Gasteiger partial charge in [0.25, 0.3) is 0 Å². The Hall–Kier alpha value is -1.51. The maximum absolute atomic E-state index is 10.5. The molecule has 0 aliphatic carbocycles. The van der Waals surface area contributed by atoms with Gasteiger partial charge in [0.15, 0.2) is 0 Å². The van der Waals surface area contributed by atoms with Crippen molar-refractivity contribution in [3.8, 4) is 5.75 Å². The van der Waals surface area contributed by atoms with Crippen molar-refractivity contribution in [2.24, 2.45) is 0 Å². The van der Waals surface area contributed by atoms with E-state index in [0.29, 0.717) is 0 Å². The second kappa shape index (κ2) is 6.43. The van der Waals surface area contributed by atoms with E-state index in [-0.39, 0.29) is 6.42 Å². The van der Waals surface area contributed by atoms with Crippen molar-refractivity contribution in [3.63, 3.8) is 0 Å². The third-order valence-corrected chi connectivity index (χ3v) is 3.42. The highest BCUT2D eigenvalue weighted by Crippen LogP contribution is 2.29. The number of aryl methyl sites for hydroxylation is 2. The molecule has 3 heteroatoms. The first kappa shape index (κ1) is 14.6. The smallest absolute Gasteiger partial charge is 0.303 e. The summed E-state index contributed by atoms with van der Waals surface area (Å²) in [7, 11) is 1.70. The Morgan fingerprint density at radius 1 is 1.22 bits per heavy atom. The van der Waals surface area contributed by atoms with Crippen LogP contribution in [0.1, 0.15) is 41.5 Å². The van der Waals surface area contributed by atoms with Gasteiger partial charge in [-0.15, -0.1) is 0 Å². The molecule has 3 nitrogen and oxygen atoms in total. The Bertz CT molecular complexity index is 436. The molecule has 0 spiro atoms. The summed E-state index contributed by atoms with van der Waals surface area (Å²) >= 11 is 0. The van der Waals surface area contributed by atoms with Crippen LogP contribution in [-0.4, -0.2) is 18.2 Å². The molecule has 1 aromatic rings. The second-order valence-electron chi connectivity index (χ2n) is 4.74. The largest absolute Gasteiger partial charge is 0.496 e. The summed E-state index contributed by atoms with van der Waals surface area (Å²) in [5, 5.41) is 8.61. The Morgan fingerprint density at radius 2 is 1.89 bits per heavy atom. The summed E-state index contributed by atoms with van der Waals surface area (Å²) < 4.78 is 5.39. The normalized spacial score (nSPS) is 10.4. The number of carboxylic acids is 1. The number of carboxylic acid groups (broad SMARTS) is 1. The average molecular weight is 250 g/mol. The van der Waals surface area contributed by atoms with E-state index in [9.17, 15) is 4.79 Å². The number of hydrogen-bond acceptors (Lipinski definition) is 2. The van der Waals surface area contributed by atoms with Gasteiger partial charge in [0.2, 0.25) is 0 Å². The molecular formula is C15H22O3. The lowest BCUT2D eigenvalue weighted by Crippen LogP contribution is -2.00. The Kier molecular flexibility index (Phi) is 5.20. The Morgan fingerprint density at radius 3 is 2.44 bits per heavy atom. The molecule has 18 heavy (non-hydrogen) atoms. The van der Waals surface area contributed by atoms with E-state index in [4.69, 9.17) is 9.84 Å². The van der Waals surface area contributed by atoms with E-state index in [1.54, 1.807) is 7.11 Å². The summed E-state index contributed by atoms with van der Waals surface area (Å²) in [4.78, 5) is 10.5. The van der Waals surface area contributed by atoms with Gasteiger partial charge >= 0.3 is 5.97 Å². The standard InChI is InChI=1S/C15H22O3/c1-10-9-13(7-5-6-8-14(16)17)11(2)12(3)15(10)18-4/h9H,5-8H2,1-4H3,(H,16,17). The number of methoxy groups -OCH3 is 1. The fraction of sp³-hybridized carbons (Fsp3) is 0.533. The van der Waals surface area contributed by atoms with Crippen LogP contribution in [0.2, 0.25) is 0 Å². The van der Waals surface area contributed by atoms with E-state index in [1.807, 2.05) is 6.92 Å². The minimum absolute atomic E-state index is 0.257. The van der Waals surface area contributed by atoms with E-state index >= 15 is 0 Å². The van der Waals surface area contributed by atoms with Gasteiger partial charge in [-0.2, -0.15) is 0 Å². The molecule has 0 saturated heterocycles. The predicted octanol–water partition coefficient (Wildman–Crippen LogP) is 3.42. The summed E-state index contributed by atoms with van der Waals surface area (Å²) in [6.07, 6.45) is 2.84. The van der Waals surface area contributed by atoms with Gasteiger partial charge < -0.3 is 9.84 Å². The highest BCUT2D eigenvalue weighted by Gasteiger charge is 2.10. The Balaban J connectivity index is 2.75. The number of unbranched alkanes of at least 4 members (excludes halogenated alkanes) is 1. The lowest BCUT2D eigenvalue weighted by atomic mass is 9.95. The van der Waals surface area contributed by atoms with Crippen LogP contribution in [0.3, 0.4) is 0 Å². The molecule has 0 amide bonds. The summed E-state index contributed by atoms with van der Waals surface area (Å²) in [5.41, 5.74) is 4.89. The van der Waals surface area contributed by atoms with E-state index in [0.717, 1.165) is 30.6 Å². The van der Waals surface area contributed by atoms with Crippen molar-refractivity contribution >= 4 is 5.97 Å². The highest BCUT2D eigenvalue weighted by molar-refractivity contribution is 5.66. The average Bonchev–Trinajstić information content (AvgIpc) is 2.31. The zero-order chi connectivity index (χ0) is 13.7. The third kappa shape index (κ3) is 3.49. The van der Waals surface area contributed by atoms with Crippen LogP contribution in [0.4, 0.5) is 0 Å². The maximum atomic E-state index is 10.5. The minimum Gasteiger partial charge on any atom is -0.496 e. The van der Waals surface area contributed by atoms with Crippen LogP contribution in [0.15, 0.2) is 6.07 Å². The fourth-order valence-corrected chi connectivity index (χ4v) is 2.31. The maximum Gasteiger partial charge on any atom is 0.303 e. The summed E-state index contributed by atoms with van der Waals surface area (Å²) in [6, 6.07) is 2.15. The zero-order valence-corrected chi connectivity index (χ0v) is 11.7. The molecule has 0 saturated carbocycles. The molecule has 0 atom stereocenters. The van der Waals surface area contributed by atoms with Crippen molar-refractivity contribution in [1.82, 2.24) is 0 Å². The molecule has 0 bridgehead atoms. The lowest BCUT2D eigenvalue weighted by Gasteiger charge is -2.15. The fourth-order valence-electron chi connectivity index (χ4n) is 2.31. The van der Waals surface area contributed by atoms with E-state index < -0.39 is 5.97 Å².